The van der Waals surface area contributed by atoms with Crippen molar-refractivity contribution >= 4 is 63.2 Å². The van der Waals surface area contributed by atoms with Gasteiger partial charge in [0.2, 0.25) is 0 Å². The average molecular weight is 292 g/mol. The zero-order valence-corrected chi connectivity index (χ0v) is 10.6. The molecule has 1 aromatic rings. The van der Waals surface area contributed by atoms with E-state index >= 15 is 0 Å². The number of hydrogen-bond acceptors (Lipinski definition) is 1. The Labute approximate surface area is 106 Å². The van der Waals surface area contributed by atoms with Gasteiger partial charge in [-0.25, -0.2) is 0 Å². The smallest absolute Gasteiger partial charge is 0.254 e. The van der Waals surface area contributed by atoms with Crippen LogP contribution in [0.15, 0.2) is 0 Å². The predicted octanol–water partition coefficient (Wildman–Crippen LogP) is 4.99. The highest BCUT2D eigenvalue weighted by Gasteiger charge is 2.21. The Hall–Kier alpha value is 0.340. The quantitative estimate of drug-likeness (QED) is 0.405. The Bertz CT molecular complexity index is 384. The molecule has 1 rings (SSSR count). The van der Waals surface area contributed by atoms with Gasteiger partial charge in [0.1, 0.15) is 0 Å². The molecule has 0 aliphatic heterocycles. The molecule has 1 aromatic carbocycles. The van der Waals surface area contributed by atoms with Crippen molar-refractivity contribution in [3.05, 3.63) is 31.2 Å². The summed E-state index contributed by atoms with van der Waals surface area (Å²) in [6, 6.07) is 0. The molecule has 0 unspecified atom stereocenters. The highest BCUT2D eigenvalue weighted by Crippen LogP contribution is 2.41. The lowest BCUT2D eigenvalue weighted by Crippen LogP contribution is -1.97. The van der Waals surface area contributed by atoms with Gasteiger partial charge in [0.05, 0.1) is 25.7 Å². The minimum atomic E-state index is -0.715. The topological polar surface area (TPSA) is 17.1 Å². The van der Waals surface area contributed by atoms with Gasteiger partial charge in [-0.2, -0.15) is 0 Å². The van der Waals surface area contributed by atoms with Crippen LogP contribution in [-0.4, -0.2) is 5.24 Å². The van der Waals surface area contributed by atoms with Crippen LogP contribution < -0.4 is 0 Å². The number of hydrogen-bond donors (Lipinski definition) is 0. The number of carbonyl (C=O) groups is 1. The standard InChI is InChI=1S/C8H3Cl5O/c1-2-3(8(13)14)5(10)7(12)6(11)4(2)9/h1H3. The lowest BCUT2D eigenvalue weighted by molar-refractivity contribution is 0.108. The number of rotatable bonds is 1. The Morgan fingerprint density at radius 3 is 1.79 bits per heavy atom. The van der Waals surface area contributed by atoms with Crippen molar-refractivity contribution < 1.29 is 4.79 Å². The third-order valence-electron chi connectivity index (χ3n) is 1.70. The van der Waals surface area contributed by atoms with E-state index in [1.165, 1.54) is 0 Å². The van der Waals surface area contributed by atoms with Crippen LogP contribution in [0.4, 0.5) is 0 Å². The van der Waals surface area contributed by atoms with Gasteiger partial charge in [0, 0.05) is 0 Å². The summed E-state index contributed by atoms with van der Waals surface area (Å²) >= 11 is 28.4. The molecule has 76 valence electrons. The number of benzene rings is 1. The molecule has 0 aliphatic carbocycles. The van der Waals surface area contributed by atoms with E-state index in [2.05, 4.69) is 0 Å². The van der Waals surface area contributed by atoms with Crippen LogP contribution in [0.3, 0.4) is 0 Å². The average Bonchev–Trinajstić information content (AvgIpc) is 2.11. The van der Waals surface area contributed by atoms with Crippen molar-refractivity contribution in [2.75, 3.05) is 0 Å². The molecule has 0 saturated heterocycles. The number of halogens is 5. The molecule has 0 radical (unpaired) electrons. The zero-order valence-electron chi connectivity index (χ0n) is 6.80. The molecule has 6 heteroatoms. The van der Waals surface area contributed by atoms with Gasteiger partial charge in [0.25, 0.3) is 5.24 Å². The lowest BCUT2D eigenvalue weighted by Gasteiger charge is -2.10. The van der Waals surface area contributed by atoms with Gasteiger partial charge in [-0.15, -0.1) is 0 Å². The second-order valence-corrected chi connectivity index (χ2v) is 4.38. The summed E-state index contributed by atoms with van der Waals surface area (Å²) in [6.45, 7) is 1.59. The largest absolute Gasteiger partial charge is 0.276 e. The number of carbonyl (C=O) groups excluding carboxylic acids is 1. The van der Waals surface area contributed by atoms with E-state index in [1.54, 1.807) is 6.92 Å². The summed E-state index contributed by atoms with van der Waals surface area (Å²) in [5.74, 6) is 0. The highest BCUT2D eigenvalue weighted by atomic mass is 35.5. The van der Waals surface area contributed by atoms with Gasteiger partial charge in [-0.1, -0.05) is 46.4 Å². The molecule has 0 amide bonds. The molecule has 0 atom stereocenters. The van der Waals surface area contributed by atoms with Crippen molar-refractivity contribution in [3.8, 4) is 0 Å². The molecule has 1 nitrogen and oxygen atoms in total. The van der Waals surface area contributed by atoms with E-state index in [-0.39, 0.29) is 25.7 Å². The monoisotopic (exact) mass is 290 g/mol. The Morgan fingerprint density at radius 1 is 0.929 bits per heavy atom. The van der Waals surface area contributed by atoms with Crippen molar-refractivity contribution in [3.63, 3.8) is 0 Å². The van der Waals surface area contributed by atoms with Gasteiger partial charge in [0.15, 0.2) is 0 Å². The highest BCUT2D eigenvalue weighted by molar-refractivity contribution is 6.69. The van der Waals surface area contributed by atoms with Crippen LogP contribution >= 0.6 is 58.0 Å². The minimum absolute atomic E-state index is 0.0265. The molecule has 0 fully saturated rings. The van der Waals surface area contributed by atoms with E-state index in [1.807, 2.05) is 0 Å². The summed E-state index contributed by atoms with van der Waals surface area (Å²) in [5.41, 5.74) is 0.513. The molecule has 0 spiro atoms. The molecular weight excluding hydrogens is 289 g/mol. The van der Waals surface area contributed by atoms with Gasteiger partial charge in [-0.05, 0) is 24.1 Å². The molecule has 0 N–H and O–H groups in total. The summed E-state index contributed by atoms with van der Waals surface area (Å²) in [4.78, 5) is 11.0. The summed E-state index contributed by atoms with van der Waals surface area (Å²) in [7, 11) is 0. The molecule has 0 aliphatic rings. The lowest BCUT2D eigenvalue weighted by atomic mass is 10.1. The maximum Gasteiger partial charge on any atom is 0.254 e. The van der Waals surface area contributed by atoms with E-state index in [9.17, 15) is 4.79 Å². The SMILES string of the molecule is Cc1c(Cl)c(Cl)c(Cl)c(Cl)c1C(=O)Cl. The Morgan fingerprint density at radius 2 is 1.36 bits per heavy atom. The first-order chi connectivity index (χ1) is 6.37. The molecule has 0 heterocycles. The Balaban J connectivity index is 3.68. The molecular formula is C8H3Cl5O. The van der Waals surface area contributed by atoms with Crippen LogP contribution in [0.1, 0.15) is 15.9 Å². The Kier molecular flexibility index (Phi) is 3.95. The fraction of sp³-hybridized carbons (Fsp3) is 0.125. The molecule has 0 bridgehead atoms. The first-order valence-electron chi connectivity index (χ1n) is 3.40. The third kappa shape index (κ3) is 1.98. The summed E-state index contributed by atoms with van der Waals surface area (Å²) < 4.78 is 0. The fourth-order valence-corrected chi connectivity index (χ4v) is 2.29. The van der Waals surface area contributed by atoms with Crippen LogP contribution in [0, 0.1) is 6.92 Å². The second kappa shape index (κ2) is 4.46. The third-order valence-corrected chi connectivity index (χ3v) is 3.78. The molecule has 0 aromatic heterocycles. The summed E-state index contributed by atoms with van der Waals surface area (Å²) in [5, 5.41) is -0.345. The van der Waals surface area contributed by atoms with E-state index in [4.69, 9.17) is 58.0 Å². The van der Waals surface area contributed by atoms with E-state index in [0.29, 0.717) is 5.56 Å². The van der Waals surface area contributed by atoms with Crippen LogP contribution in [0.2, 0.25) is 20.1 Å². The van der Waals surface area contributed by atoms with Crippen molar-refractivity contribution in [2.45, 2.75) is 6.92 Å². The van der Waals surface area contributed by atoms with Gasteiger partial charge < -0.3 is 0 Å². The van der Waals surface area contributed by atoms with E-state index < -0.39 is 5.24 Å². The van der Waals surface area contributed by atoms with Gasteiger partial charge in [-0.3, -0.25) is 4.79 Å². The predicted molar refractivity (Wildman–Crippen MR) is 61.4 cm³/mol. The fourth-order valence-electron chi connectivity index (χ4n) is 0.975. The maximum absolute atomic E-state index is 11.0. The van der Waals surface area contributed by atoms with Gasteiger partial charge >= 0.3 is 0 Å². The zero-order chi connectivity index (χ0) is 11.0. The van der Waals surface area contributed by atoms with E-state index in [0.717, 1.165) is 0 Å². The van der Waals surface area contributed by atoms with Crippen LogP contribution in [0.5, 0.6) is 0 Å². The van der Waals surface area contributed by atoms with Crippen LogP contribution in [0.25, 0.3) is 0 Å². The first-order valence-corrected chi connectivity index (χ1v) is 5.29. The van der Waals surface area contributed by atoms with Crippen molar-refractivity contribution in [2.24, 2.45) is 0 Å². The molecule has 14 heavy (non-hydrogen) atoms. The van der Waals surface area contributed by atoms with Crippen molar-refractivity contribution in [1.29, 1.82) is 0 Å². The maximum atomic E-state index is 11.0. The minimum Gasteiger partial charge on any atom is -0.276 e. The normalized spacial score (nSPS) is 10.4. The summed E-state index contributed by atoms with van der Waals surface area (Å²) in [6.07, 6.45) is 0. The molecule has 0 saturated carbocycles. The first kappa shape index (κ1) is 12.4. The van der Waals surface area contributed by atoms with Crippen molar-refractivity contribution in [1.82, 2.24) is 0 Å². The second-order valence-electron chi connectivity index (χ2n) is 2.53. The van der Waals surface area contributed by atoms with Crippen LogP contribution in [-0.2, 0) is 0 Å².